The minimum Gasteiger partial charge on any atom is -0.468 e. The molecule has 0 spiro atoms. The molecule has 0 unspecified atom stereocenters. The van der Waals surface area contributed by atoms with Crippen LogP contribution in [0.25, 0.3) is 0 Å². The molecule has 0 aliphatic rings. The maximum absolute atomic E-state index is 11.7. The summed E-state index contributed by atoms with van der Waals surface area (Å²) >= 11 is 0. The number of urea groups is 1. The van der Waals surface area contributed by atoms with Crippen molar-refractivity contribution in [3.05, 3.63) is 42.7 Å². The molecule has 7 heteroatoms. The molecule has 104 valence electrons. The Labute approximate surface area is 115 Å². The van der Waals surface area contributed by atoms with Crippen LogP contribution in [0.5, 0.6) is 0 Å². The summed E-state index contributed by atoms with van der Waals surface area (Å²) < 4.78 is 5.90. The molecule has 0 aliphatic heterocycles. The Morgan fingerprint density at radius 3 is 2.60 bits per heavy atom. The molecule has 0 bridgehead atoms. The Bertz CT molecular complexity index is 595. The quantitative estimate of drug-likeness (QED) is 0.831. The molecule has 1 aromatic carbocycles. The highest BCUT2D eigenvalue weighted by Crippen LogP contribution is 2.08. The number of carbonyl (C=O) groups is 2. The normalized spacial score (nSPS) is 9.85. The largest absolute Gasteiger partial charge is 0.468 e. The number of aromatic nitrogens is 2. The van der Waals surface area contributed by atoms with Gasteiger partial charge in [0.05, 0.1) is 19.0 Å². The molecular formula is C13H14N4O3. The SMILES string of the molecule is COC(=O)Cn1cc(NC(=O)Nc2ccccc2)cn1. The van der Waals surface area contributed by atoms with Crippen LogP contribution in [0.4, 0.5) is 16.2 Å². The molecule has 0 atom stereocenters. The number of methoxy groups -OCH3 is 1. The second kappa shape index (κ2) is 6.37. The fourth-order valence-corrected chi connectivity index (χ4v) is 1.53. The van der Waals surface area contributed by atoms with E-state index in [9.17, 15) is 9.59 Å². The predicted octanol–water partition coefficient (Wildman–Crippen LogP) is 1.70. The van der Waals surface area contributed by atoms with E-state index in [1.54, 1.807) is 18.3 Å². The van der Waals surface area contributed by atoms with Gasteiger partial charge in [0.15, 0.2) is 0 Å². The number of benzene rings is 1. The summed E-state index contributed by atoms with van der Waals surface area (Å²) in [5.74, 6) is -0.409. The Hall–Kier alpha value is -2.83. The van der Waals surface area contributed by atoms with Crippen molar-refractivity contribution < 1.29 is 14.3 Å². The van der Waals surface area contributed by atoms with Crippen LogP contribution in [0.3, 0.4) is 0 Å². The summed E-state index contributed by atoms with van der Waals surface area (Å²) in [4.78, 5) is 22.8. The van der Waals surface area contributed by atoms with Gasteiger partial charge in [-0.15, -0.1) is 0 Å². The lowest BCUT2D eigenvalue weighted by atomic mass is 10.3. The molecule has 2 rings (SSSR count). The van der Waals surface area contributed by atoms with Gasteiger partial charge >= 0.3 is 12.0 Å². The van der Waals surface area contributed by atoms with Crippen LogP contribution in [0.2, 0.25) is 0 Å². The van der Waals surface area contributed by atoms with E-state index in [4.69, 9.17) is 0 Å². The predicted molar refractivity (Wildman–Crippen MR) is 73.3 cm³/mol. The number of amides is 2. The monoisotopic (exact) mass is 274 g/mol. The van der Waals surface area contributed by atoms with E-state index in [1.807, 2.05) is 18.2 Å². The van der Waals surface area contributed by atoms with Crippen LogP contribution in [-0.4, -0.2) is 28.9 Å². The van der Waals surface area contributed by atoms with Crippen molar-refractivity contribution in [3.8, 4) is 0 Å². The first-order valence-electron chi connectivity index (χ1n) is 5.89. The minimum atomic E-state index is -0.409. The molecule has 20 heavy (non-hydrogen) atoms. The zero-order valence-electron chi connectivity index (χ0n) is 10.9. The number of hydrogen-bond donors (Lipinski definition) is 2. The number of hydrogen-bond acceptors (Lipinski definition) is 4. The number of nitrogens with zero attached hydrogens (tertiary/aromatic N) is 2. The molecule has 0 saturated carbocycles. The Kier molecular flexibility index (Phi) is 4.33. The van der Waals surface area contributed by atoms with Crippen molar-refractivity contribution >= 4 is 23.4 Å². The van der Waals surface area contributed by atoms with E-state index in [-0.39, 0.29) is 12.6 Å². The van der Waals surface area contributed by atoms with Gasteiger partial charge in [0, 0.05) is 11.9 Å². The number of para-hydroxylation sites is 1. The van der Waals surface area contributed by atoms with Crippen LogP contribution in [-0.2, 0) is 16.1 Å². The standard InChI is InChI=1S/C13H14N4O3/c1-20-12(18)9-17-8-11(7-14-17)16-13(19)15-10-5-3-2-4-6-10/h2-8H,9H2,1H3,(H2,15,16,19). The lowest BCUT2D eigenvalue weighted by molar-refractivity contribution is -0.141. The number of ether oxygens (including phenoxy) is 1. The fraction of sp³-hybridized carbons (Fsp3) is 0.154. The highest BCUT2D eigenvalue weighted by Gasteiger charge is 2.07. The first-order valence-corrected chi connectivity index (χ1v) is 5.89. The Morgan fingerprint density at radius 2 is 1.90 bits per heavy atom. The van der Waals surface area contributed by atoms with E-state index in [1.165, 1.54) is 18.0 Å². The maximum Gasteiger partial charge on any atom is 0.327 e. The molecule has 2 aromatic rings. The van der Waals surface area contributed by atoms with Crippen molar-refractivity contribution in [2.24, 2.45) is 0 Å². The molecule has 0 radical (unpaired) electrons. The van der Waals surface area contributed by atoms with Gasteiger partial charge in [-0.05, 0) is 12.1 Å². The first-order chi connectivity index (χ1) is 9.67. The molecule has 1 aromatic heterocycles. The second-order valence-electron chi connectivity index (χ2n) is 3.95. The number of esters is 1. The van der Waals surface area contributed by atoms with Gasteiger partial charge in [-0.3, -0.25) is 9.48 Å². The highest BCUT2D eigenvalue weighted by atomic mass is 16.5. The van der Waals surface area contributed by atoms with Crippen molar-refractivity contribution in [3.63, 3.8) is 0 Å². The van der Waals surface area contributed by atoms with Crippen molar-refractivity contribution in [1.29, 1.82) is 0 Å². The average Bonchev–Trinajstić information content (AvgIpc) is 2.86. The zero-order chi connectivity index (χ0) is 14.4. The van der Waals surface area contributed by atoms with E-state index >= 15 is 0 Å². The summed E-state index contributed by atoms with van der Waals surface area (Å²) in [7, 11) is 1.30. The maximum atomic E-state index is 11.7. The van der Waals surface area contributed by atoms with Crippen LogP contribution in [0.1, 0.15) is 0 Å². The van der Waals surface area contributed by atoms with Crippen LogP contribution in [0, 0.1) is 0 Å². The summed E-state index contributed by atoms with van der Waals surface area (Å²) in [5.41, 5.74) is 1.18. The number of anilines is 2. The summed E-state index contributed by atoms with van der Waals surface area (Å²) in [6, 6.07) is 8.68. The van der Waals surface area contributed by atoms with Gasteiger partial charge < -0.3 is 15.4 Å². The highest BCUT2D eigenvalue weighted by molar-refractivity contribution is 5.99. The number of nitrogens with one attached hydrogen (secondary N) is 2. The van der Waals surface area contributed by atoms with Crippen molar-refractivity contribution in [2.75, 3.05) is 17.7 Å². The van der Waals surface area contributed by atoms with Crippen LogP contribution in [0.15, 0.2) is 42.7 Å². The van der Waals surface area contributed by atoms with Gasteiger partial charge in [-0.1, -0.05) is 18.2 Å². The molecule has 0 aliphatic carbocycles. The topological polar surface area (TPSA) is 85.2 Å². The molecular weight excluding hydrogens is 260 g/mol. The Morgan fingerprint density at radius 1 is 1.20 bits per heavy atom. The fourth-order valence-electron chi connectivity index (χ4n) is 1.53. The lowest BCUT2D eigenvalue weighted by Gasteiger charge is -2.05. The summed E-state index contributed by atoms with van der Waals surface area (Å²) in [6.45, 7) is -0.00150. The number of carbonyl (C=O) groups excluding carboxylic acids is 2. The average molecular weight is 274 g/mol. The van der Waals surface area contributed by atoms with E-state index in [0.29, 0.717) is 11.4 Å². The smallest absolute Gasteiger partial charge is 0.327 e. The van der Waals surface area contributed by atoms with E-state index in [2.05, 4.69) is 20.5 Å². The van der Waals surface area contributed by atoms with E-state index < -0.39 is 5.97 Å². The van der Waals surface area contributed by atoms with Crippen molar-refractivity contribution in [1.82, 2.24) is 9.78 Å². The summed E-state index contributed by atoms with van der Waals surface area (Å²) in [6.07, 6.45) is 3.00. The molecule has 0 fully saturated rings. The summed E-state index contributed by atoms with van der Waals surface area (Å²) in [5, 5.41) is 9.23. The first kappa shape index (κ1) is 13.6. The molecule has 2 amide bonds. The number of rotatable bonds is 4. The van der Waals surface area contributed by atoms with Gasteiger partial charge in [-0.2, -0.15) is 5.10 Å². The van der Waals surface area contributed by atoms with Crippen LogP contribution < -0.4 is 10.6 Å². The lowest BCUT2D eigenvalue weighted by Crippen LogP contribution is -2.19. The molecule has 0 saturated heterocycles. The third-order valence-corrected chi connectivity index (χ3v) is 2.44. The van der Waals surface area contributed by atoms with Gasteiger partial charge in [-0.25, -0.2) is 4.79 Å². The van der Waals surface area contributed by atoms with Gasteiger partial charge in [0.25, 0.3) is 0 Å². The third kappa shape index (κ3) is 3.84. The van der Waals surface area contributed by atoms with Gasteiger partial charge in [0.2, 0.25) is 0 Å². The molecule has 7 nitrogen and oxygen atoms in total. The minimum absolute atomic E-state index is 0.00150. The second-order valence-corrected chi connectivity index (χ2v) is 3.95. The molecule has 2 N–H and O–H groups in total. The zero-order valence-corrected chi connectivity index (χ0v) is 10.9. The van der Waals surface area contributed by atoms with E-state index in [0.717, 1.165) is 0 Å². The van der Waals surface area contributed by atoms with Gasteiger partial charge in [0.1, 0.15) is 6.54 Å². The van der Waals surface area contributed by atoms with Crippen LogP contribution >= 0.6 is 0 Å². The molecule has 1 heterocycles. The van der Waals surface area contributed by atoms with Crippen molar-refractivity contribution in [2.45, 2.75) is 6.54 Å². The third-order valence-electron chi connectivity index (χ3n) is 2.44. The Balaban J connectivity index is 1.90.